The van der Waals surface area contributed by atoms with Crippen LogP contribution in [0.15, 0.2) is 30.3 Å². The molecule has 2 aromatic carbocycles. The second-order valence-electron chi connectivity index (χ2n) is 6.00. The van der Waals surface area contributed by atoms with E-state index in [1.54, 1.807) is 31.2 Å². The van der Waals surface area contributed by atoms with E-state index in [1.165, 1.54) is 13.2 Å². The Morgan fingerprint density at radius 1 is 0.964 bits per heavy atom. The van der Waals surface area contributed by atoms with Crippen LogP contribution in [0.5, 0.6) is 17.2 Å². The number of aryl methyl sites for hydroxylation is 2. The van der Waals surface area contributed by atoms with Crippen molar-refractivity contribution in [3.63, 3.8) is 0 Å². The zero-order valence-corrected chi connectivity index (χ0v) is 16.6. The summed E-state index contributed by atoms with van der Waals surface area (Å²) in [5.74, 6) is 0.519. The number of phosphoric acid groups is 1. The van der Waals surface area contributed by atoms with Gasteiger partial charge in [0.25, 0.3) is 0 Å². The topological polar surface area (TPSA) is 131 Å². The number of phosphoric ester groups is 1. The van der Waals surface area contributed by atoms with E-state index in [9.17, 15) is 24.6 Å². The zero-order valence-electron chi connectivity index (χ0n) is 15.7. The lowest BCUT2D eigenvalue weighted by molar-refractivity contribution is -0.333. The summed E-state index contributed by atoms with van der Waals surface area (Å²) in [4.78, 5) is 22.0. The van der Waals surface area contributed by atoms with Crippen LogP contribution in [0, 0.1) is 0 Å². The Bertz CT molecular complexity index is 821. The van der Waals surface area contributed by atoms with Gasteiger partial charge in [-0.05, 0) is 54.7 Å². The van der Waals surface area contributed by atoms with Gasteiger partial charge in [-0.2, -0.15) is 0 Å². The fourth-order valence-corrected chi connectivity index (χ4v) is 3.26. The molecule has 0 aromatic heterocycles. The van der Waals surface area contributed by atoms with Gasteiger partial charge in [-0.1, -0.05) is 12.1 Å². The van der Waals surface area contributed by atoms with Gasteiger partial charge >= 0.3 is 0 Å². The summed E-state index contributed by atoms with van der Waals surface area (Å²) < 4.78 is 26.1. The normalized spacial score (nSPS) is 11.4. The third-order valence-corrected chi connectivity index (χ3v) is 4.55. The Hall–Kier alpha value is -2.09. The Labute approximate surface area is 163 Å². The van der Waals surface area contributed by atoms with Crippen molar-refractivity contribution in [2.45, 2.75) is 33.0 Å². The third kappa shape index (κ3) is 5.95. The van der Waals surface area contributed by atoms with Gasteiger partial charge in [0.15, 0.2) is 11.5 Å². The first-order valence-electron chi connectivity index (χ1n) is 8.69. The lowest BCUT2D eigenvalue weighted by Crippen LogP contribution is -2.19. The number of ether oxygens (including phenoxy) is 2. The Morgan fingerprint density at radius 3 is 2.21 bits per heavy atom. The molecule has 8 nitrogen and oxygen atoms in total. The molecule has 0 aliphatic rings. The highest BCUT2D eigenvalue weighted by atomic mass is 31.2. The van der Waals surface area contributed by atoms with Crippen LogP contribution in [-0.4, -0.2) is 23.9 Å². The van der Waals surface area contributed by atoms with Crippen LogP contribution in [0.1, 0.15) is 29.2 Å². The van der Waals surface area contributed by atoms with Crippen LogP contribution in [0.3, 0.4) is 0 Å². The van der Waals surface area contributed by atoms with Crippen molar-refractivity contribution in [2.75, 3.05) is 13.7 Å². The molecule has 0 unspecified atom stereocenters. The lowest BCUT2D eigenvalue weighted by atomic mass is 9.98. The molecular formula is C19H23O8P-2. The summed E-state index contributed by atoms with van der Waals surface area (Å²) in [5.41, 5.74) is 2.72. The standard InChI is InChI=1S/C19H25O8P/c1-3-26-17-7-6-13(9-19(17)27-28(22,23)24)4-5-14-8-15(11-20)16(12-21)18(10-14)25-2/h6-10,20-21H,3-5,11-12H2,1-2H3,(H2,22,23,24)/p-2. The largest absolute Gasteiger partial charge is 0.780 e. The highest BCUT2D eigenvalue weighted by molar-refractivity contribution is 7.43. The smallest absolute Gasteiger partial charge is 0.166 e. The van der Waals surface area contributed by atoms with E-state index in [4.69, 9.17) is 9.47 Å². The molecule has 0 amide bonds. The van der Waals surface area contributed by atoms with Crippen molar-refractivity contribution >= 4 is 7.82 Å². The van der Waals surface area contributed by atoms with Crippen LogP contribution in [-0.2, 0) is 30.6 Å². The van der Waals surface area contributed by atoms with Crippen LogP contribution in [0.4, 0.5) is 0 Å². The average molecular weight is 410 g/mol. The van der Waals surface area contributed by atoms with Crippen LogP contribution >= 0.6 is 7.82 Å². The summed E-state index contributed by atoms with van der Waals surface area (Å²) >= 11 is 0. The summed E-state index contributed by atoms with van der Waals surface area (Å²) in [5, 5.41) is 19.0. The molecule has 0 spiro atoms. The fraction of sp³-hybridized carbons (Fsp3) is 0.368. The minimum atomic E-state index is -5.21. The van der Waals surface area contributed by atoms with Gasteiger partial charge in [-0.25, -0.2) is 0 Å². The van der Waals surface area contributed by atoms with Crippen molar-refractivity contribution in [1.29, 1.82) is 0 Å². The van der Waals surface area contributed by atoms with Gasteiger partial charge in [-0.3, -0.25) is 0 Å². The number of benzene rings is 2. The maximum atomic E-state index is 11.0. The molecule has 0 aliphatic heterocycles. The molecule has 0 saturated heterocycles. The Balaban J connectivity index is 2.24. The lowest BCUT2D eigenvalue weighted by Gasteiger charge is -2.30. The molecular weight excluding hydrogens is 387 g/mol. The van der Waals surface area contributed by atoms with Gasteiger partial charge in [0.2, 0.25) is 0 Å². The molecule has 0 aliphatic carbocycles. The summed E-state index contributed by atoms with van der Waals surface area (Å²) in [6.45, 7) is 1.54. The van der Waals surface area contributed by atoms with Crippen LogP contribution < -0.4 is 23.8 Å². The highest BCUT2D eigenvalue weighted by Gasteiger charge is 2.12. The predicted molar refractivity (Wildman–Crippen MR) is 98.1 cm³/mol. The van der Waals surface area contributed by atoms with E-state index in [-0.39, 0.29) is 24.7 Å². The zero-order chi connectivity index (χ0) is 20.7. The molecule has 154 valence electrons. The van der Waals surface area contributed by atoms with E-state index in [2.05, 4.69) is 4.52 Å². The van der Waals surface area contributed by atoms with Crippen molar-refractivity contribution in [1.82, 2.24) is 0 Å². The Morgan fingerprint density at radius 2 is 1.64 bits per heavy atom. The van der Waals surface area contributed by atoms with Crippen molar-refractivity contribution in [2.24, 2.45) is 0 Å². The van der Waals surface area contributed by atoms with Gasteiger partial charge in [0, 0.05) is 5.56 Å². The molecule has 0 radical (unpaired) electrons. The van der Waals surface area contributed by atoms with Gasteiger partial charge in [0.1, 0.15) is 13.6 Å². The number of aliphatic hydroxyl groups is 2. The van der Waals surface area contributed by atoms with E-state index in [0.29, 0.717) is 36.3 Å². The summed E-state index contributed by atoms with van der Waals surface area (Å²) in [6, 6.07) is 8.33. The maximum Gasteiger partial charge on any atom is 0.166 e. The van der Waals surface area contributed by atoms with E-state index in [0.717, 1.165) is 11.1 Å². The fourth-order valence-electron chi connectivity index (χ4n) is 2.88. The molecule has 0 bridgehead atoms. The Kier molecular flexibility index (Phi) is 7.86. The predicted octanol–water partition coefficient (Wildman–Crippen LogP) is 1.07. The molecule has 0 fully saturated rings. The molecule has 2 rings (SSSR count). The van der Waals surface area contributed by atoms with Gasteiger partial charge in [-0.15, -0.1) is 0 Å². The quantitative estimate of drug-likeness (QED) is 0.556. The molecule has 0 saturated carbocycles. The van der Waals surface area contributed by atoms with E-state index in [1.807, 2.05) is 0 Å². The molecule has 2 aromatic rings. The first-order valence-corrected chi connectivity index (χ1v) is 10.1. The van der Waals surface area contributed by atoms with Crippen molar-refractivity contribution < 1.29 is 38.6 Å². The van der Waals surface area contributed by atoms with Gasteiger partial charge in [0.05, 0.1) is 26.9 Å². The van der Waals surface area contributed by atoms with Gasteiger partial charge < -0.3 is 38.6 Å². The molecule has 0 heterocycles. The maximum absolute atomic E-state index is 11.0. The number of aliphatic hydroxyl groups excluding tert-OH is 2. The minimum absolute atomic E-state index is 0.142. The first-order chi connectivity index (χ1) is 13.3. The van der Waals surface area contributed by atoms with Crippen LogP contribution in [0.25, 0.3) is 0 Å². The SMILES string of the molecule is CCOc1ccc(CCc2cc(CO)c(CO)c(OC)c2)cc1OP(=O)([O-])[O-]. The van der Waals surface area contributed by atoms with Crippen LogP contribution in [0.2, 0.25) is 0 Å². The molecule has 2 N–H and O–H groups in total. The highest BCUT2D eigenvalue weighted by Crippen LogP contribution is 2.37. The summed E-state index contributed by atoms with van der Waals surface area (Å²) in [6.07, 6.45) is 1.06. The first kappa shape index (κ1) is 22.2. The second-order valence-corrected chi connectivity index (χ2v) is 7.08. The number of hydrogen-bond donors (Lipinski definition) is 2. The number of rotatable bonds is 10. The summed E-state index contributed by atoms with van der Waals surface area (Å²) in [7, 11) is -3.73. The van der Waals surface area contributed by atoms with Crippen molar-refractivity contribution in [3.8, 4) is 17.2 Å². The minimum Gasteiger partial charge on any atom is -0.780 e. The van der Waals surface area contributed by atoms with Crippen molar-refractivity contribution in [3.05, 3.63) is 52.6 Å². The number of hydrogen-bond acceptors (Lipinski definition) is 8. The molecule has 28 heavy (non-hydrogen) atoms. The molecule has 0 atom stereocenters. The van der Waals surface area contributed by atoms with E-state index >= 15 is 0 Å². The monoisotopic (exact) mass is 410 g/mol. The molecule has 9 heteroatoms. The third-order valence-electron chi connectivity index (χ3n) is 4.13. The second kappa shape index (κ2) is 9.91. The number of methoxy groups -OCH3 is 1. The van der Waals surface area contributed by atoms with E-state index < -0.39 is 7.82 Å². The average Bonchev–Trinajstić information content (AvgIpc) is 2.66.